The number of methoxy groups -OCH3 is 1. The van der Waals surface area contributed by atoms with Crippen molar-refractivity contribution in [3.63, 3.8) is 0 Å². The van der Waals surface area contributed by atoms with Crippen LogP contribution in [0, 0.1) is 50.2 Å². The van der Waals surface area contributed by atoms with E-state index in [1.165, 1.54) is 5.57 Å². The van der Waals surface area contributed by atoms with E-state index in [1.54, 1.807) is 14.0 Å². The average Bonchev–Trinajstić information content (AvgIpc) is 3.16. The highest BCUT2D eigenvalue weighted by molar-refractivity contribution is 5.37. The molecule has 14 nitrogen and oxygen atoms in total. The van der Waals surface area contributed by atoms with E-state index in [2.05, 4.69) is 40.7 Å². The molecule has 9 N–H and O–H groups in total. The molecule has 0 amide bonds. The van der Waals surface area contributed by atoms with Gasteiger partial charge in [-0.1, -0.05) is 53.2 Å². The van der Waals surface area contributed by atoms with E-state index in [1.807, 2.05) is 6.92 Å². The first-order valence-electron chi connectivity index (χ1n) is 21.4. The highest BCUT2D eigenvalue weighted by atomic mass is 16.7. The van der Waals surface area contributed by atoms with Crippen molar-refractivity contribution in [2.24, 2.45) is 50.2 Å². The van der Waals surface area contributed by atoms with Crippen LogP contribution < -0.4 is 0 Å². The molecule has 21 atom stereocenters. The first-order chi connectivity index (χ1) is 26.6. The Hall–Kier alpha value is -0.820. The number of ether oxygens (including phenoxy) is 5. The van der Waals surface area contributed by atoms with Crippen LogP contribution in [0.2, 0.25) is 0 Å². The molecule has 0 aromatic rings. The third kappa shape index (κ3) is 6.48. The summed E-state index contributed by atoms with van der Waals surface area (Å²) in [5.41, 5.74) is -0.934. The summed E-state index contributed by atoms with van der Waals surface area (Å²) in [5, 5.41) is 98.1. The molecule has 6 fully saturated rings. The zero-order valence-electron chi connectivity index (χ0n) is 35.2. The summed E-state index contributed by atoms with van der Waals surface area (Å²) < 4.78 is 30.6. The number of aliphatic hydroxyl groups excluding tert-OH is 9. The van der Waals surface area contributed by atoms with E-state index < -0.39 is 91.1 Å². The number of rotatable bonds is 8. The van der Waals surface area contributed by atoms with Gasteiger partial charge in [-0.2, -0.15) is 0 Å². The SMILES string of the molecule is COC1C=C2C3CC(C)(C)CC[C@@]3(CO)[C@H](O)C[C@]2(C)[C@@]2(C)CCC3[C@@](C)(CC[C@@H](O[C@H]4O[C@@H](C)[C@@H](O)[C@@H](O[C@H]5O[C@@H](CO)[C@H](O)[C@@H](O)[C@@H]5O)[C@@H]4O)[C@]3(C)CO)C12. The first-order valence-corrected chi connectivity index (χ1v) is 21.4. The molecule has 4 saturated carbocycles. The Labute approximate surface area is 337 Å². The fraction of sp³-hybridized carbons (Fsp3) is 0.953. The quantitative estimate of drug-likeness (QED) is 0.125. The summed E-state index contributed by atoms with van der Waals surface area (Å²) in [7, 11) is 1.78. The minimum atomic E-state index is -1.74. The maximum Gasteiger partial charge on any atom is 0.187 e. The minimum Gasteiger partial charge on any atom is -0.396 e. The van der Waals surface area contributed by atoms with Gasteiger partial charge in [0.2, 0.25) is 0 Å². The monoisotopic (exact) mass is 812 g/mol. The van der Waals surface area contributed by atoms with E-state index in [9.17, 15) is 46.0 Å². The first kappa shape index (κ1) is 44.2. The van der Waals surface area contributed by atoms with Crippen molar-refractivity contribution in [1.82, 2.24) is 0 Å². The van der Waals surface area contributed by atoms with Crippen molar-refractivity contribution in [3.8, 4) is 0 Å². The maximum absolute atomic E-state index is 12.1. The van der Waals surface area contributed by atoms with Gasteiger partial charge in [-0.3, -0.25) is 0 Å². The maximum atomic E-state index is 12.1. The molecule has 0 radical (unpaired) electrons. The highest BCUT2D eigenvalue weighted by Gasteiger charge is 2.72. The summed E-state index contributed by atoms with van der Waals surface area (Å²) in [5.74, 6) is 0.0264. The Morgan fingerprint density at radius 2 is 1.42 bits per heavy atom. The highest BCUT2D eigenvalue weighted by Crippen LogP contribution is 2.76. The average molecular weight is 813 g/mol. The molecule has 7 aliphatic rings. The second kappa shape index (κ2) is 15.2. The molecule has 57 heavy (non-hydrogen) atoms. The minimum absolute atomic E-state index is 0.0303. The van der Waals surface area contributed by atoms with Gasteiger partial charge in [-0.15, -0.1) is 0 Å². The van der Waals surface area contributed by atoms with E-state index in [4.69, 9.17) is 23.7 Å². The summed E-state index contributed by atoms with van der Waals surface area (Å²) in [6, 6.07) is 0. The second-order valence-corrected chi connectivity index (χ2v) is 21.0. The van der Waals surface area contributed by atoms with E-state index in [0.29, 0.717) is 12.8 Å². The molecule has 2 heterocycles. The number of hydrogen-bond donors (Lipinski definition) is 9. The van der Waals surface area contributed by atoms with Gasteiger partial charge in [0.25, 0.3) is 0 Å². The lowest BCUT2D eigenvalue weighted by atomic mass is 9.32. The molecule has 0 aromatic carbocycles. The predicted molar refractivity (Wildman–Crippen MR) is 205 cm³/mol. The van der Waals surface area contributed by atoms with Crippen LogP contribution in [0.4, 0.5) is 0 Å². The molecule has 0 bridgehead atoms. The lowest BCUT2D eigenvalue weighted by Crippen LogP contribution is -2.70. The Morgan fingerprint density at radius 1 is 0.737 bits per heavy atom. The van der Waals surface area contributed by atoms with Gasteiger partial charge in [-0.05, 0) is 91.8 Å². The van der Waals surface area contributed by atoms with Crippen molar-refractivity contribution >= 4 is 0 Å². The fourth-order valence-electron chi connectivity index (χ4n) is 14.0. The second-order valence-electron chi connectivity index (χ2n) is 21.0. The van der Waals surface area contributed by atoms with Crippen molar-refractivity contribution < 1.29 is 69.6 Å². The fourth-order valence-corrected chi connectivity index (χ4v) is 14.0. The number of allylic oxidation sites excluding steroid dienone is 1. The van der Waals surface area contributed by atoms with E-state index in [-0.39, 0.29) is 58.7 Å². The molecule has 2 aliphatic heterocycles. The number of fused-ring (bicyclic) bond motifs is 7. The van der Waals surface area contributed by atoms with Crippen molar-refractivity contribution in [1.29, 1.82) is 0 Å². The van der Waals surface area contributed by atoms with Crippen LogP contribution in [0.5, 0.6) is 0 Å². The van der Waals surface area contributed by atoms with Gasteiger partial charge in [0.15, 0.2) is 12.6 Å². The van der Waals surface area contributed by atoms with Gasteiger partial charge in [0, 0.05) is 23.9 Å². The zero-order chi connectivity index (χ0) is 41.8. The summed E-state index contributed by atoms with van der Waals surface area (Å²) in [4.78, 5) is 0. The van der Waals surface area contributed by atoms with Crippen LogP contribution in [0.25, 0.3) is 0 Å². The molecule has 0 aromatic heterocycles. The third-order valence-electron chi connectivity index (χ3n) is 17.7. The molecule has 2 saturated heterocycles. The molecular weight excluding hydrogens is 740 g/mol. The number of aliphatic hydroxyl groups is 9. The van der Waals surface area contributed by atoms with E-state index in [0.717, 1.165) is 38.5 Å². The van der Waals surface area contributed by atoms with Crippen LogP contribution in [-0.4, -0.2) is 153 Å². The Kier molecular flexibility index (Phi) is 11.8. The molecule has 0 spiro atoms. The Balaban J connectivity index is 1.17. The van der Waals surface area contributed by atoms with Crippen LogP contribution >= 0.6 is 0 Å². The summed E-state index contributed by atoms with van der Waals surface area (Å²) in [6.07, 6.45) is -7.49. The molecule has 4 unspecified atom stereocenters. The summed E-state index contributed by atoms with van der Waals surface area (Å²) in [6.45, 7) is 14.4. The smallest absolute Gasteiger partial charge is 0.187 e. The lowest BCUT2D eigenvalue weighted by molar-refractivity contribution is -0.368. The number of hydrogen-bond acceptors (Lipinski definition) is 14. The van der Waals surface area contributed by atoms with Gasteiger partial charge >= 0.3 is 0 Å². The molecule has 14 heteroatoms. The third-order valence-corrected chi connectivity index (χ3v) is 17.7. The van der Waals surface area contributed by atoms with Crippen molar-refractivity contribution in [2.45, 2.75) is 180 Å². The standard InChI is InChI=1S/C43H72O14/c1-21-29(48)34(57-36-32(51)31(50)30(49)25(18-44)55-36)33(52)37(54-21)56-28-10-11-39(4)26(40(28,5)19-45)9-12-41(6)35(39)24(53-8)15-22-23-16-38(2,3)13-14-43(23,20-46)27(47)17-42(22,41)7/h15,21,23-37,44-52H,9-14,16-20H2,1-8H3/t21-,23?,24?,25-,26?,27+,28+,29+,30-,31+,32-,33-,34+,35?,36+,37+,39+,40+,41-,42-,43-/m0/s1. The van der Waals surface area contributed by atoms with Crippen molar-refractivity contribution in [2.75, 3.05) is 26.9 Å². The molecular formula is C43H72O14. The molecule has 5 aliphatic carbocycles. The largest absolute Gasteiger partial charge is 0.396 e. The molecule has 328 valence electrons. The van der Waals surface area contributed by atoms with Crippen LogP contribution in [-0.2, 0) is 23.7 Å². The normalized spacial score (nSPS) is 56.1. The van der Waals surface area contributed by atoms with E-state index >= 15 is 0 Å². The van der Waals surface area contributed by atoms with Gasteiger partial charge in [0.1, 0.15) is 42.7 Å². The van der Waals surface area contributed by atoms with Gasteiger partial charge in [-0.25, -0.2) is 0 Å². The van der Waals surface area contributed by atoms with Gasteiger partial charge in [0.05, 0.1) is 44.2 Å². The van der Waals surface area contributed by atoms with Crippen LogP contribution in [0.3, 0.4) is 0 Å². The Morgan fingerprint density at radius 3 is 2.05 bits per heavy atom. The Bertz CT molecular complexity index is 1490. The van der Waals surface area contributed by atoms with Gasteiger partial charge < -0.3 is 69.6 Å². The predicted octanol–water partition coefficient (Wildman–Crippen LogP) is 1.39. The van der Waals surface area contributed by atoms with Crippen LogP contribution in [0.15, 0.2) is 11.6 Å². The zero-order valence-corrected chi connectivity index (χ0v) is 35.2. The topological polar surface area (TPSA) is 228 Å². The van der Waals surface area contributed by atoms with Crippen molar-refractivity contribution in [3.05, 3.63) is 11.6 Å². The summed E-state index contributed by atoms with van der Waals surface area (Å²) >= 11 is 0. The lowest BCUT2D eigenvalue weighted by Gasteiger charge is -2.73. The van der Waals surface area contributed by atoms with Crippen LogP contribution in [0.1, 0.15) is 99.8 Å². The molecule has 7 rings (SSSR count).